The third-order valence-corrected chi connectivity index (χ3v) is 20.6. The van der Waals surface area contributed by atoms with Crippen LogP contribution in [0.3, 0.4) is 0 Å². The molecule has 7 nitrogen and oxygen atoms in total. The number of nitrogens with zero attached hydrogens (tertiary/aromatic N) is 7. The standard InChI is InChI=1S/C54H34N4.C42H27N3/c1-2-12-38(13-3-1)48-34-57-33-40(28-32-51(57)55-48)35-21-23-39(24-22-35)53-47-31-27-36-11-4-5-14-42(36)52(47)46-18-10-17-43(54(46)56-53)37-25-29-41(30-26-37)58-49-19-8-6-15-44(49)45-16-7-9-20-50(45)58;1-3-10-29(11-4-1)35-16-9-17-36-40-34-15-8-7-12-30(34)22-23-37(40)41(44-42(35)36)32-20-18-28(19-21-32)33-24-25-45-27-38(43-39(45)26-33)31-13-5-2-6-14-31/h1-34H;1-27H. The van der Waals surface area contributed by atoms with Crippen LogP contribution in [0.15, 0.2) is 371 Å². The summed E-state index contributed by atoms with van der Waals surface area (Å²) in [5.74, 6) is 0. The first-order valence-corrected chi connectivity index (χ1v) is 35.0. The molecule has 0 saturated carbocycles. The van der Waals surface area contributed by atoms with Crippen molar-refractivity contribution >= 4 is 98.0 Å². The molecule has 7 heteroatoms. The molecule has 0 bridgehead atoms. The Morgan fingerprint density at radius 1 is 0.223 bits per heavy atom. The van der Waals surface area contributed by atoms with Gasteiger partial charge in [0, 0.05) is 107 Å². The van der Waals surface area contributed by atoms with Gasteiger partial charge in [0.25, 0.3) is 0 Å². The summed E-state index contributed by atoms with van der Waals surface area (Å²) in [6, 6.07) is 123. The van der Waals surface area contributed by atoms with E-state index in [-0.39, 0.29) is 0 Å². The van der Waals surface area contributed by atoms with Crippen molar-refractivity contribution in [1.29, 1.82) is 0 Å². The number of fused-ring (bicyclic) bond motifs is 15. The Bertz CT molecular complexity index is 6820. The van der Waals surface area contributed by atoms with Gasteiger partial charge in [-0.3, -0.25) is 0 Å². The SMILES string of the molecule is c1ccc(-c2cn3cc(-c4ccc(-c5nc6c(-c7ccc(-n8c9ccccc9c9ccccc98)cc7)cccc6c6c5ccc5ccccc56)cc4)ccc3n2)cc1.c1ccc(-c2cn3ccc(-c4ccc(-c5nc6c(-c7ccccc7)cccc6c6c5ccc5ccccc56)cc4)cc3n2)cc1. The van der Waals surface area contributed by atoms with E-state index in [4.69, 9.17) is 19.9 Å². The lowest BCUT2D eigenvalue weighted by Gasteiger charge is -2.16. The van der Waals surface area contributed by atoms with E-state index in [1.807, 2.05) is 36.4 Å². The molecular formula is C96H61N7. The number of hydrogen-bond acceptors (Lipinski definition) is 4. The van der Waals surface area contributed by atoms with Crippen molar-refractivity contribution in [3.8, 4) is 95.2 Å². The maximum Gasteiger partial charge on any atom is 0.138 e. The van der Waals surface area contributed by atoms with Crippen LogP contribution in [0.5, 0.6) is 0 Å². The second-order valence-electron chi connectivity index (χ2n) is 26.5. The smallest absolute Gasteiger partial charge is 0.138 e. The lowest BCUT2D eigenvalue weighted by atomic mass is 9.92. The predicted octanol–water partition coefficient (Wildman–Crippen LogP) is 24.8. The zero-order chi connectivity index (χ0) is 67.9. The summed E-state index contributed by atoms with van der Waals surface area (Å²) in [5.41, 5.74) is 24.8. The van der Waals surface area contributed by atoms with Crippen LogP contribution >= 0.6 is 0 Å². The van der Waals surface area contributed by atoms with E-state index in [1.54, 1.807) is 0 Å². The van der Waals surface area contributed by atoms with Gasteiger partial charge >= 0.3 is 0 Å². The summed E-state index contributed by atoms with van der Waals surface area (Å²) in [5, 5.41) is 14.5. The Labute approximate surface area is 593 Å². The Hall–Kier alpha value is -13.9. The average Bonchev–Trinajstić information content (AvgIpc) is 1.68. The van der Waals surface area contributed by atoms with Crippen molar-refractivity contribution in [2.45, 2.75) is 0 Å². The topological polar surface area (TPSA) is 65.3 Å². The molecule has 103 heavy (non-hydrogen) atoms. The fraction of sp³-hybridized carbons (Fsp3) is 0. The minimum atomic E-state index is 0.926. The first-order chi connectivity index (χ1) is 51.0. The Balaban J connectivity index is 0.000000142. The van der Waals surface area contributed by atoms with Crippen LogP contribution in [0.1, 0.15) is 0 Å². The zero-order valence-corrected chi connectivity index (χ0v) is 55.8. The van der Waals surface area contributed by atoms with E-state index >= 15 is 0 Å². The largest absolute Gasteiger partial charge is 0.309 e. The molecule has 7 heterocycles. The van der Waals surface area contributed by atoms with Gasteiger partial charge in [0.1, 0.15) is 11.3 Å². The van der Waals surface area contributed by atoms with Gasteiger partial charge in [-0.15, -0.1) is 0 Å². The molecule has 0 N–H and O–H groups in total. The zero-order valence-electron chi connectivity index (χ0n) is 55.8. The molecule has 14 aromatic carbocycles. The first kappa shape index (κ1) is 59.2. The second-order valence-corrected chi connectivity index (χ2v) is 26.5. The van der Waals surface area contributed by atoms with Gasteiger partial charge in [0.05, 0.1) is 44.8 Å². The molecule has 21 rings (SSSR count). The molecule has 0 fully saturated rings. The summed E-state index contributed by atoms with van der Waals surface area (Å²) in [6.45, 7) is 0. The van der Waals surface area contributed by atoms with Gasteiger partial charge in [-0.05, 0) is 103 Å². The molecule has 0 amide bonds. The molecule has 21 aromatic rings. The summed E-state index contributed by atoms with van der Waals surface area (Å²) < 4.78 is 6.57. The van der Waals surface area contributed by atoms with Gasteiger partial charge in [-0.1, -0.05) is 297 Å². The maximum absolute atomic E-state index is 5.57. The van der Waals surface area contributed by atoms with Crippen LogP contribution in [0, 0.1) is 0 Å². The minimum Gasteiger partial charge on any atom is -0.309 e. The summed E-state index contributed by atoms with van der Waals surface area (Å²) in [7, 11) is 0. The highest BCUT2D eigenvalue weighted by Crippen LogP contribution is 2.44. The highest BCUT2D eigenvalue weighted by atomic mass is 15.0. The third kappa shape index (κ3) is 10.3. The van der Waals surface area contributed by atoms with E-state index in [0.717, 1.165) is 128 Å². The lowest BCUT2D eigenvalue weighted by molar-refractivity contribution is 1.18. The van der Waals surface area contributed by atoms with E-state index in [1.165, 1.54) is 65.1 Å². The normalized spacial score (nSPS) is 11.7. The molecule has 7 aromatic heterocycles. The molecular weight excluding hydrogens is 1250 g/mol. The molecule has 0 radical (unpaired) electrons. The maximum atomic E-state index is 5.57. The average molecular weight is 1310 g/mol. The number of benzene rings is 14. The third-order valence-electron chi connectivity index (χ3n) is 20.6. The first-order valence-electron chi connectivity index (χ1n) is 35.0. The lowest BCUT2D eigenvalue weighted by Crippen LogP contribution is -1.95. The number of hydrogen-bond donors (Lipinski definition) is 0. The highest BCUT2D eigenvalue weighted by molar-refractivity contribution is 6.25. The van der Waals surface area contributed by atoms with Gasteiger partial charge in [-0.25, -0.2) is 19.9 Å². The van der Waals surface area contributed by atoms with Gasteiger partial charge in [-0.2, -0.15) is 0 Å². The molecule has 480 valence electrons. The Morgan fingerprint density at radius 2 is 0.641 bits per heavy atom. The summed E-state index contributed by atoms with van der Waals surface area (Å²) in [6.07, 6.45) is 8.44. The fourth-order valence-corrected chi connectivity index (χ4v) is 15.6. The van der Waals surface area contributed by atoms with E-state index in [9.17, 15) is 0 Å². The van der Waals surface area contributed by atoms with Crippen LogP contribution in [0.2, 0.25) is 0 Å². The highest BCUT2D eigenvalue weighted by Gasteiger charge is 2.21. The van der Waals surface area contributed by atoms with Crippen LogP contribution in [0.4, 0.5) is 0 Å². The molecule has 0 unspecified atom stereocenters. The van der Waals surface area contributed by atoms with Crippen molar-refractivity contribution < 1.29 is 0 Å². The van der Waals surface area contributed by atoms with Crippen molar-refractivity contribution in [2.24, 2.45) is 0 Å². The van der Waals surface area contributed by atoms with Crippen LogP contribution in [-0.4, -0.2) is 33.3 Å². The molecule has 0 spiro atoms. The number of imidazole rings is 2. The van der Waals surface area contributed by atoms with Gasteiger partial charge < -0.3 is 13.4 Å². The summed E-state index contributed by atoms with van der Waals surface area (Å²) >= 11 is 0. The number of rotatable bonds is 9. The Kier molecular flexibility index (Phi) is 14.1. The second kappa shape index (κ2) is 24.5. The van der Waals surface area contributed by atoms with Gasteiger partial charge in [0.15, 0.2) is 0 Å². The minimum absolute atomic E-state index is 0.926. The van der Waals surface area contributed by atoms with Crippen molar-refractivity contribution in [3.05, 3.63) is 371 Å². The monoisotopic (exact) mass is 1310 g/mol. The van der Waals surface area contributed by atoms with Crippen LogP contribution in [-0.2, 0) is 0 Å². The van der Waals surface area contributed by atoms with Crippen molar-refractivity contribution in [3.63, 3.8) is 0 Å². The van der Waals surface area contributed by atoms with Crippen molar-refractivity contribution in [2.75, 3.05) is 0 Å². The van der Waals surface area contributed by atoms with Gasteiger partial charge in [0.2, 0.25) is 0 Å². The molecule has 0 aliphatic heterocycles. The van der Waals surface area contributed by atoms with Crippen LogP contribution in [0.25, 0.3) is 193 Å². The summed E-state index contributed by atoms with van der Waals surface area (Å²) in [4.78, 5) is 20.8. The number of aromatic nitrogens is 7. The van der Waals surface area contributed by atoms with E-state index in [2.05, 4.69) is 348 Å². The quantitative estimate of drug-likeness (QED) is 0.135. The van der Waals surface area contributed by atoms with Crippen molar-refractivity contribution in [1.82, 2.24) is 33.3 Å². The number of pyridine rings is 4. The van der Waals surface area contributed by atoms with E-state index in [0.29, 0.717) is 0 Å². The van der Waals surface area contributed by atoms with E-state index < -0.39 is 0 Å². The molecule has 0 aliphatic carbocycles. The fourth-order valence-electron chi connectivity index (χ4n) is 15.6. The Morgan fingerprint density at radius 3 is 1.18 bits per heavy atom. The predicted molar refractivity (Wildman–Crippen MR) is 429 cm³/mol. The molecule has 0 aliphatic rings. The number of para-hydroxylation sites is 4. The van der Waals surface area contributed by atoms with Crippen LogP contribution < -0.4 is 0 Å². The molecule has 0 atom stereocenters. The molecule has 0 saturated heterocycles.